The van der Waals surface area contributed by atoms with E-state index in [1.165, 1.54) is 10.9 Å². The van der Waals surface area contributed by atoms with Gasteiger partial charge in [0.2, 0.25) is 0 Å². The molecule has 2 aliphatic heterocycles. The van der Waals surface area contributed by atoms with E-state index >= 15 is 0 Å². The molecule has 2 unspecified atom stereocenters. The number of allylic oxidation sites excluding steroid dienone is 7. The third-order valence-corrected chi connectivity index (χ3v) is 5.83. The number of nitrogens with zero attached hydrogens (tertiary/aromatic N) is 3. The van der Waals surface area contributed by atoms with Crippen molar-refractivity contribution >= 4 is 13.9 Å². The maximum atomic E-state index is 9.41. The maximum absolute atomic E-state index is 9.41. The molecule has 2 heterocycles. The Morgan fingerprint density at radius 2 is 2.15 bits per heavy atom. The van der Waals surface area contributed by atoms with Gasteiger partial charge in [-0.05, 0) is 54.2 Å². The van der Waals surface area contributed by atoms with E-state index in [1.807, 2.05) is 36.1 Å². The summed E-state index contributed by atoms with van der Waals surface area (Å²) < 4.78 is 0. The number of hydrogen-bond donors (Lipinski definition) is 0. The van der Waals surface area contributed by atoms with Crippen molar-refractivity contribution < 1.29 is 0 Å². The zero-order valence-corrected chi connectivity index (χ0v) is 15.9. The van der Waals surface area contributed by atoms with Crippen molar-refractivity contribution in [2.45, 2.75) is 19.9 Å². The molecule has 0 saturated heterocycles. The largest absolute Gasteiger partial charge is 0.333 e. The summed E-state index contributed by atoms with van der Waals surface area (Å²) >= 11 is 0. The highest BCUT2D eigenvalue weighted by Gasteiger charge is 2.20. The Labute approximate surface area is 156 Å². The van der Waals surface area contributed by atoms with Crippen LogP contribution in [0.15, 0.2) is 77.7 Å². The molecule has 0 N–H and O–H groups in total. The van der Waals surface area contributed by atoms with Crippen LogP contribution in [0.25, 0.3) is 5.31 Å². The average molecular weight is 357 g/mol. The number of hydrogen-bond acceptors (Lipinski definition) is 3. The summed E-state index contributed by atoms with van der Waals surface area (Å²) in [6.45, 7) is 3.96. The first-order valence-corrected chi connectivity index (χ1v) is 9.79. The van der Waals surface area contributed by atoms with E-state index in [4.69, 9.17) is 0 Å². The van der Waals surface area contributed by atoms with Gasteiger partial charge in [-0.25, -0.2) is 0 Å². The molecule has 0 spiro atoms. The third kappa shape index (κ3) is 3.55. The Balaban J connectivity index is 2.10. The van der Waals surface area contributed by atoms with E-state index in [2.05, 4.69) is 55.6 Å². The first kappa shape index (κ1) is 17.9. The van der Waals surface area contributed by atoms with E-state index in [-0.39, 0.29) is 6.04 Å². The fourth-order valence-electron chi connectivity index (χ4n) is 3.12. The molecule has 0 fully saturated rings. The number of benzene rings is 1. The second kappa shape index (κ2) is 8.01. The Kier molecular flexibility index (Phi) is 5.52. The average Bonchev–Trinajstić information content (AvgIpc) is 2.70. The summed E-state index contributed by atoms with van der Waals surface area (Å²) in [4.78, 5) is 2.01. The Morgan fingerprint density at radius 3 is 2.88 bits per heavy atom. The van der Waals surface area contributed by atoms with E-state index in [1.54, 1.807) is 0 Å². The van der Waals surface area contributed by atoms with Gasteiger partial charge in [-0.2, -0.15) is 10.5 Å². The fourth-order valence-corrected chi connectivity index (χ4v) is 4.34. The molecule has 1 aromatic rings. The SMILES string of the molecule is C/C=C(/C#N)N1C=C(C2=C(c3cccc(C#N)c3)PCC=C2)C=CC1C. The molecule has 4 heteroatoms. The van der Waals surface area contributed by atoms with E-state index in [9.17, 15) is 10.5 Å². The molecule has 128 valence electrons. The topological polar surface area (TPSA) is 50.8 Å². The lowest BCUT2D eigenvalue weighted by Crippen LogP contribution is -2.28. The van der Waals surface area contributed by atoms with Crippen LogP contribution in [0.3, 0.4) is 0 Å². The minimum atomic E-state index is 0.144. The van der Waals surface area contributed by atoms with Crippen molar-refractivity contribution in [2.24, 2.45) is 0 Å². The van der Waals surface area contributed by atoms with Crippen LogP contribution < -0.4 is 0 Å². The minimum absolute atomic E-state index is 0.144. The summed E-state index contributed by atoms with van der Waals surface area (Å²) in [7, 11) is 0.664. The van der Waals surface area contributed by atoms with Crippen LogP contribution in [0.4, 0.5) is 0 Å². The van der Waals surface area contributed by atoms with E-state index < -0.39 is 0 Å². The van der Waals surface area contributed by atoms with Crippen molar-refractivity contribution in [3.63, 3.8) is 0 Å². The number of nitriles is 2. The lowest BCUT2D eigenvalue weighted by molar-refractivity contribution is 0.422. The lowest BCUT2D eigenvalue weighted by Gasteiger charge is -2.30. The van der Waals surface area contributed by atoms with Gasteiger partial charge in [0, 0.05) is 12.2 Å². The maximum Gasteiger partial charge on any atom is 0.117 e. The van der Waals surface area contributed by atoms with Gasteiger partial charge in [0.05, 0.1) is 11.6 Å². The standard InChI is InChI=1S/C22H20N3P/c1-3-20(14-24)25-15-19(10-9-16(25)2)21-8-5-11-26-22(21)18-7-4-6-17(12-18)13-23/h3-10,12,15-16,26H,11H2,1-2H3/b20-3-. The van der Waals surface area contributed by atoms with Crippen molar-refractivity contribution in [1.29, 1.82) is 10.5 Å². The monoisotopic (exact) mass is 357 g/mol. The minimum Gasteiger partial charge on any atom is -0.333 e. The van der Waals surface area contributed by atoms with Gasteiger partial charge in [-0.15, -0.1) is 0 Å². The molecular formula is C22H20N3P. The summed E-state index contributed by atoms with van der Waals surface area (Å²) in [6.07, 6.45) is 13.5. The Bertz CT molecular complexity index is 948. The quantitative estimate of drug-likeness (QED) is 0.559. The predicted octanol–water partition coefficient (Wildman–Crippen LogP) is 5.09. The van der Waals surface area contributed by atoms with Crippen LogP contribution in [-0.4, -0.2) is 17.1 Å². The fraction of sp³-hybridized carbons (Fsp3) is 0.182. The van der Waals surface area contributed by atoms with Crippen LogP contribution in [0.2, 0.25) is 0 Å². The highest BCUT2D eigenvalue weighted by Crippen LogP contribution is 2.43. The Morgan fingerprint density at radius 1 is 1.31 bits per heavy atom. The van der Waals surface area contributed by atoms with E-state index in [0.29, 0.717) is 19.8 Å². The molecule has 2 atom stereocenters. The van der Waals surface area contributed by atoms with Gasteiger partial charge in [0.1, 0.15) is 11.8 Å². The first-order chi connectivity index (χ1) is 12.7. The number of rotatable bonds is 3. The second-order valence-corrected chi connectivity index (χ2v) is 7.40. The smallest absolute Gasteiger partial charge is 0.117 e. The van der Waals surface area contributed by atoms with Crippen molar-refractivity contribution in [2.75, 3.05) is 6.16 Å². The summed E-state index contributed by atoms with van der Waals surface area (Å²) in [5.41, 5.74) is 4.70. The second-order valence-electron chi connectivity index (χ2n) is 6.14. The zero-order chi connectivity index (χ0) is 18.5. The van der Waals surface area contributed by atoms with Crippen LogP contribution in [-0.2, 0) is 0 Å². The normalized spacial score (nSPS) is 20.8. The molecule has 1 aromatic carbocycles. The van der Waals surface area contributed by atoms with Gasteiger partial charge < -0.3 is 4.90 Å². The highest BCUT2D eigenvalue weighted by molar-refractivity contribution is 7.50. The predicted molar refractivity (Wildman–Crippen MR) is 108 cm³/mol. The van der Waals surface area contributed by atoms with E-state index in [0.717, 1.165) is 17.3 Å². The molecule has 0 radical (unpaired) electrons. The lowest BCUT2D eigenvalue weighted by atomic mass is 9.98. The van der Waals surface area contributed by atoms with Crippen molar-refractivity contribution in [1.82, 2.24) is 4.90 Å². The third-order valence-electron chi connectivity index (χ3n) is 4.48. The van der Waals surface area contributed by atoms with Gasteiger partial charge in [-0.3, -0.25) is 0 Å². The van der Waals surface area contributed by atoms with Gasteiger partial charge in [0.25, 0.3) is 0 Å². The van der Waals surface area contributed by atoms with Crippen molar-refractivity contribution in [3.8, 4) is 12.1 Å². The van der Waals surface area contributed by atoms with Crippen molar-refractivity contribution in [3.05, 3.63) is 88.8 Å². The molecule has 0 bridgehead atoms. The van der Waals surface area contributed by atoms with Crippen LogP contribution in [0, 0.1) is 22.7 Å². The molecule has 0 aromatic heterocycles. The summed E-state index contributed by atoms with van der Waals surface area (Å²) in [5.74, 6) is 0. The molecule has 2 aliphatic rings. The molecule has 0 saturated carbocycles. The zero-order valence-electron chi connectivity index (χ0n) is 14.9. The van der Waals surface area contributed by atoms with Crippen LogP contribution in [0.1, 0.15) is 25.0 Å². The van der Waals surface area contributed by atoms with Crippen LogP contribution in [0.5, 0.6) is 0 Å². The molecule has 0 amide bonds. The molecule has 0 aliphatic carbocycles. The molecule has 3 rings (SSSR count). The summed E-state index contributed by atoms with van der Waals surface area (Å²) in [6, 6.07) is 12.4. The van der Waals surface area contributed by atoms with Gasteiger partial charge in [0.15, 0.2) is 0 Å². The van der Waals surface area contributed by atoms with Crippen LogP contribution >= 0.6 is 8.58 Å². The first-order valence-electron chi connectivity index (χ1n) is 8.58. The molecular weight excluding hydrogens is 337 g/mol. The highest BCUT2D eigenvalue weighted by atomic mass is 31.1. The van der Waals surface area contributed by atoms with Gasteiger partial charge in [-0.1, -0.05) is 51.1 Å². The summed E-state index contributed by atoms with van der Waals surface area (Å²) in [5, 5.41) is 19.9. The van der Waals surface area contributed by atoms with Gasteiger partial charge >= 0.3 is 0 Å². The Hall–Kier alpha value is -2.87. The molecule has 3 nitrogen and oxygen atoms in total. The molecule has 26 heavy (non-hydrogen) atoms.